The Morgan fingerprint density at radius 1 is 1.10 bits per heavy atom. The van der Waals surface area contributed by atoms with Crippen molar-refractivity contribution in [2.45, 2.75) is 45.6 Å². The third-order valence-corrected chi connectivity index (χ3v) is 2.92. The monoisotopic (exact) mass is 293 g/mol. The van der Waals surface area contributed by atoms with E-state index in [1.165, 1.54) is 11.1 Å². The first kappa shape index (κ1) is 17.5. The second-order valence-electron chi connectivity index (χ2n) is 6.09. The van der Waals surface area contributed by atoms with Crippen LogP contribution in [0.15, 0.2) is 24.3 Å². The molecule has 0 unspecified atom stereocenters. The van der Waals surface area contributed by atoms with Crippen LogP contribution in [-0.4, -0.2) is 32.0 Å². The molecule has 0 aliphatic heterocycles. The summed E-state index contributed by atoms with van der Waals surface area (Å²) >= 11 is 0. The summed E-state index contributed by atoms with van der Waals surface area (Å²) in [6.07, 6.45) is 2.51. The first-order chi connectivity index (χ1) is 9.90. The normalized spacial score (nSPS) is 11.2. The summed E-state index contributed by atoms with van der Waals surface area (Å²) in [6, 6.07) is 8.49. The average molecular weight is 293 g/mol. The molecule has 0 atom stereocenters. The van der Waals surface area contributed by atoms with Gasteiger partial charge in [0, 0.05) is 20.3 Å². The van der Waals surface area contributed by atoms with E-state index < -0.39 is 5.60 Å². The van der Waals surface area contributed by atoms with Crippen molar-refractivity contribution >= 4 is 6.09 Å². The van der Waals surface area contributed by atoms with Crippen molar-refractivity contribution in [1.29, 1.82) is 0 Å². The van der Waals surface area contributed by atoms with Crippen molar-refractivity contribution in [3.8, 4) is 0 Å². The Morgan fingerprint density at radius 2 is 1.67 bits per heavy atom. The summed E-state index contributed by atoms with van der Waals surface area (Å²) in [5, 5.41) is 2.77. The minimum absolute atomic E-state index is 0.362. The fourth-order valence-electron chi connectivity index (χ4n) is 1.92. The molecular weight excluding hydrogens is 266 g/mol. The first-order valence-electron chi connectivity index (χ1n) is 7.44. The maximum absolute atomic E-state index is 11.5. The minimum atomic E-state index is -0.450. The van der Waals surface area contributed by atoms with Gasteiger partial charge in [0.25, 0.3) is 0 Å². The van der Waals surface area contributed by atoms with Gasteiger partial charge in [-0.3, -0.25) is 0 Å². The molecule has 0 aliphatic carbocycles. The number of carbonyl (C=O) groups excluding carboxylic acids is 1. The van der Waals surface area contributed by atoms with Crippen molar-refractivity contribution in [3.05, 3.63) is 35.4 Å². The molecule has 0 fully saturated rings. The lowest BCUT2D eigenvalue weighted by atomic mass is 10.1. The number of amides is 1. The SMILES string of the molecule is COCCCc1ccc(CCNC(=O)OC(C)(C)C)cc1. The molecule has 1 N–H and O–H groups in total. The summed E-state index contributed by atoms with van der Waals surface area (Å²) in [6.45, 7) is 6.94. The lowest BCUT2D eigenvalue weighted by Crippen LogP contribution is -2.33. The van der Waals surface area contributed by atoms with Gasteiger partial charge in [0.1, 0.15) is 5.60 Å². The summed E-state index contributed by atoms with van der Waals surface area (Å²) in [7, 11) is 1.72. The topological polar surface area (TPSA) is 47.6 Å². The predicted octanol–water partition coefficient (Wildman–Crippen LogP) is 3.33. The van der Waals surface area contributed by atoms with Gasteiger partial charge in [-0.2, -0.15) is 0 Å². The van der Waals surface area contributed by atoms with Crippen LogP contribution in [0.25, 0.3) is 0 Å². The molecule has 1 aromatic rings. The highest BCUT2D eigenvalue weighted by molar-refractivity contribution is 5.67. The second kappa shape index (κ2) is 8.67. The van der Waals surface area contributed by atoms with Crippen LogP contribution in [0.4, 0.5) is 4.79 Å². The molecule has 0 spiro atoms. The van der Waals surface area contributed by atoms with E-state index in [9.17, 15) is 4.79 Å². The molecule has 0 heterocycles. The Morgan fingerprint density at radius 3 is 2.19 bits per heavy atom. The van der Waals surface area contributed by atoms with Gasteiger partial charge in [-0.15, -0.1) is 0 Å². The van der Waals surface area contributed by atoms with Gasteiger partial charge in [-0.1, -0.05) is 24.3 Å². The van der Waals surface area contributed by atoms with Gasteiger partial charge in [0.05, 0.1) is 0 Å². The molecule has 118 valence electrons. The minimum Gasteiger partial charge on any atom is -0.444 e. The number of hydrogen-bond donors (Lipinski definition) is 1. The van der Waals surface area contributed by atoms with E-state index in [2.05, 4.69) is 29.6 Å². The summed E-state index contributed by atoms with van der Waals surface area (Å²) < 4.78 is 10.2. The molecule has 1 aromatic carbocycles. The highest BCUT2D eigenvalue weighted by Crippen LogP contribution is 2.08. The lowest BCUT2D eigenvalue weighted by molar-refractivity contribution is 0.0528. The van der Waals surface area contributed by atoms with Crippen LogP contribution >= 0.6 is 0 Å². The number of ether oxygens (including phenoxy) is 2. The van der Waals surface area contributed by atoms with E-state index in [1.54, 1.807) is 7.11 Å². The van der Waals surface area contributed by atoms with Crippen molar-refractivity contribution in [2.24, 2.45) is 0 Å². The standard InChI is InChI=1S/C17H27NO3/c1-17(2,3)21-16(19)18-12-11-15-9-7-14(8-10-15)6-5-13-20-4/h7-10H,5-6,11-13H2,1-4H3,(H,18,19). The molecule has 0 aromatic heterocycles. The van der Waals surface area contributed by atoms with Crippen LogP contribution in [0.1, 0.15) is 38.3 Å². The van der Waals surface area contributed by atoms with Crippen LogP contribution in [0, 0.1) is 0 Å². The maximum atomic E-state index is 11.5. The fraction of sp³-hybridized carbons (Fsp3) is 0.588. The zero-order valence-corrected chi connectivity index (χ0v) is 13.6. The zero-order chi connectivity index (χ0) is 15.7. The van der Waals surface area contributed by atoms with Crippen molar-refractivity contribution in [3.63, 3.8) is 0 Å². The van der Waals surface area contributed by atoms with E-state index in [1.807, 2.05) is 20.8 Å². The Balaban J connectivity index is 2.28. The number of methoxy groups -OCH3 is 1. The smallest absolute Gasteiger partial charge is 0.407 e. The van der Waals surface area contributed by atoms with Gasteiger partial charge < -0.3 is 14.8 Å². The average Bonchev–Trinajstić information content (AvgIpc) is 2.39. The second-order valence-corrected chi connectivity index (χ2v) is 6.09. The number of carbonyl (C=O) groups is 1. The Kier molecular flexibility index (Phi) is 7.23. The Labute approximate surface area is 127 Å². The van der Waals surface area contributed by atoms with Crippen LogP contribution in [0.5, 0.6) is 0 Å². The van der Waals surface area contributed by atoms with E-state index in [4.69, 9.17) is 9.47 Å². The third-order valence-electron chi connectivity index (χ3n) is 2.92. The van der Waals surface area contributed by atoms with Gasteiger partial charge >= 0.3 is 6.09 Å². The first-order valence-corrected chi connectivity index (χ1v) is 7.44. The molecule has 0 bridgehead atoms. The van der Waals surface area contributed by atoms with Gasteiger partial charge in [0.2, 0.25) is 0 Å². The molecule has 21 heavy (non-hydrogen) atoms. The molecule has 0 saturated carbocycles. The molecular formula is C17H27NO3. The van der Waals surface area contributed by atoms with E-state index in [0.717, 1.165) is 25.9 Å². The van der Waals surface area contributed by atoms with Crippen LogP contribution < -0.4 is 5.32 Å². The van der Waals surface area contributed by atoms with Crippen LogP contribution in [0.3, 0.4) is 0 Å². The predicted molar refractivity (Wildman–Crippen MR) is 84.6 cm³/mol. The molecule has 1 amide bonds. The fourth-order valence-corrected chi connectivity index (χ4v) is 1.92. The largest absolute Gasteiger partial charge is 0.444 e. The zero-order valence-electron chi connectivity index (χ0n) is 13.6. The lowest BCUT2D eigenvalue weighted by Gasteiger charge is -2.19. The van der Waals surface area contributed by atoms with Gasteiger partial charge in [-0.05, 0) is 51.2 Å². The van der Waals surface area contributed by atoms with Gasteiger partial charge in [0.15, 0.2) is 0 Å². The number of hydrogen-bond acceptors (Lipinski definition) is 3. The number of rotatable bonds is 7. The maximum Gasteiger partial charge on any atom is 0.407 e. The summed E-state index contributed by atoms with van der Waals surface area (Å²) in [4.78, 5) is 11.5. The molecule has 4 nitrogen and oxygen atoms in total. The number of nitrogens with one attached hydrogen (secondary N) is 1. The van der Waals surface area contributed by atoms with Crippen molar-refractivity contribution < 1.29 is 14.3 Å². The van der Waals surface area contributed by atoms with Crippen LogP contribution in [0.2, 0.25) is 0 Å². The highest BCUT2D eigenvalue weighted by atomic mass is 16.6. The molecule has 0 radical (unpaired) electrons. The Bertz CT molecular complexity index is 421. The van der Waals surface area contributed by atoms with E-state index in [0.29, 0.717) is 6.54 Å². The van der Waals surface area contributed by atoms with Crippen LogP contribution in [-0.2, 0) is 22.3 Å². The number of benzene rings is 1. The molecule has 0 aliphatic rings. The summed E-state index contributed by atoms with van der Waals surface area (Å²) in [5.41, 5.74) is 2.07. The van der Waals surface area contributed by atoms with Crippen molar-refractivity contribution in [1.82, 2.24) is 5.32 Å². The molecule has 0 saturated heterocycles. The number of alkyl carbamates (subject to hydrolysis) is 1. The van der Waals surface area contributed by atoms with E-state index in [-0.39, 0.29) is 6.09 Å². The molecule has 4 heteroatoms. The highest BCUT2D eigenvalue weighted by Gasteiger charge is 2.15. The van der Waals surface area contributed by atoms with Crippen molar-refractivity contribution in [2.75, 3.05) is 20.3 Å². The summed E-state index contributed by atoms with van der Waals surface area (Å²) in [5.74, 6) is 0. The molecule has 1 rings (SSSR count). The third kappa shape index (κ3) is 8.35. The number of aryl methyl sites for hydroxylation is 1. The quantitative estimate of drug-likeness (QED) is 0.784. The Hall–Kier alpha value is -1.55. The van der Waals surface area contributed by atoms with Gasteiger partial charge in [-0.25, -0.2) is 4.79 Å². The van der Waals surface area contributed by atoms with E-state index >= 15 is 0 Å².